The van der Waals surface area contributed by atoms with E-state index < -0.39 is 0 Å². The lowest BCUT2D eigenvalue weighted by molar-refractivity contribution is 0.586. The van der Waals surface area contributed by atoms with Gasteiger partial charge >= 0.3 is 0 Å². The topological polar surface area (TPSA) is 53.1 Å². The van der Waals surface area contributed by atoms with Gasteiger partial charge in [-0.3, -0.25) is 0 Å². The molecule has 0 radical (unpaired) electrons. The van der Waals surface area contributed by atoms with Gasteiger partial charge in [-0.2, -0.15) is 5.26 Å². The predicted molar refractivity (Wildman–Crippen MR) is 96.4 cm³/mol. The molecule has 6 heteroatoms. The summed E-state index contributed by atoms with van der Waals surface area (Å²) in [5, 5.41) is 8.86. The fourth-order valence-corrected chi connectivity index (χ4v) is 5.17. The van der Waals surface area contributed by atoms with Crippen molar-refractivity contribution in [1.29, 1.82) is 5.26 Å². The zero-order valence-electron chi connectivity index (χ0n) is 12.5. The summed E-state index contributed by atoms with van der Waals surface area (Å²) in [5.74, 6) is 0. The average molecular weight is 350 g/mol. The van der Waals surface area contributed by atoms with E-state index in [1.807, 2.05) is 24.1 Å². The van der Waals surface area contributed by atoms with Crippen molar-refractivity contribution in [2.24, 2.45) is 5.73 Å². The van der Waals surface area contributed by atoms with E-state index in [-0.39, 0.29) is 0 Å². The van der Waals surface area contributed by atoms with E-state index in [4.69, 9.17) is 5.26 Å². The van der Waals surface area contributed by atoms with Gasteiger partial charge < -0.3 is 5.73 Å². The second-order valence-corrected chi connectivity index (χ2v) is 8.16. The second kappa shape index (κ2) is 9.23. The third kappa shape index (κ3) is 5.04. The minimum Gasteiger partial charge on any atom is -0.333 e. The minimum atomic E-state index is 0.773. The maximum absolute atomic E-state index is 8.86. The van der Waals surface area contributed by atoms with Gasteiger partial charge in [-0.15, -0.1) is 11.3 Å². The molecule has 116 valence electrons. The molecule has 1 aliphatic rings. The first-order valence-electron chi connectivity index (χ1n) is 7.12. The lowest BCUT2D eigenvalue weighted by Gasteiger charge is -2.13. The van der Waals surface area contributed by atoms with Gasteiger partial charge in [0.15, 0.2) is 0 Å². The Balaban J connectivity index is 0.000000847. The van der Waals surface area contributed by atoms with Gasteiger partial charge in [0.2, 0.25) is 0 Å². The van der Waals surface area contributed by atoms with E-state index in [0.717, 1.165) is 4.88 Å². The molecule has 22 heavy (non-hydrogen) atoms. The number of benzene rings is 1. The Morgan fingerprint density at radius 1 is 1.14 bits per heavy atom. The maximum atomic E-state index is 8.86. The van der Waals surface area contributed by atoms with E-state index in [0.29, 0.717) is 0 Å². The zero-order valence-corrected chi connectivity index (χ0v) is 14.9. The Labute approximate surface area is 144 Å². The van der Waals surface area contributed by atoms with Gasteiger partial charge in [-0.05, 0) is 62.2 Å². The summed E-state index contributed by atoms with van der Waals surface area (Å²) >= 11 is 5.14. The number of nitrogens with zero attached hydrogens (tertiary/aromatic N) is 2. The summed E-state index contributed by atoms with van der Waals surface area (Å²) in [7, 11) is 1.50. The third-order valence-electron chi connectivity index (χ3n) is 3.02. The van der Waals surface area contributed by atoms with Gasteiger partial charge in [0.1, 0.15) is 10.9 Å². The molecule has 0 spiro atoms. The highest BCUT2D eigenvalue weighted by atomic mass is 32.2. The lowest BCUT2D eigenvalue weighted by Crippen LogP contribution is -2.08. The Kier molecular flexibility index (Phi) is 7.30. The van der Waals surface area contributed by atoms with Crippen LogP contribution in [0.15, 0.2) is 50.4 Å². The van der Waals surface area contributed by atoms with Crippen molar-refractivity contribution in [1.82, 2.24) is 4.31 Å². The summed E-state index contributed by atoms with van der Waals surface area (Å²) < 4.78 is 3.60. The molecule has 0 saturated carbocycles. The molecule has 1 fully saturated rings. The molecular formula is C16H19N3S3. The minimum absolute atomic E-state index is 0.773. The fraction of sp³-hybridized carbons (Fsp3) is 0.312. The van der Waals surface area contributed by atoms with Crippen LogP contribution >= 0.6 is 35.0 Å². The van der Waals surface area contributed by atoms with E-state index in [2.05, 4.69) is 40.4 Å². The normalized spacial score (nSPS) is 14.2. The van der Waals surface area contributed by atoms with Crippen LogP contribution in [0.3, 0.4) is 0 Å². The molecule has 2 aromatic rings. The molecule has 1 saturated heterocycles. The molecule has 0 amide bonds. The molecule has 3 nitrogen and oxygen atoms in total. The van der Waals surface area contributed by atoms with Gasteiger partial charge in [-0.1, -0.05) is 17.8 Å². The number of hydrogen-bond donors (Lipinski definition) is 1. The highest BCUT2D eigenvalue weighted by Crippen LogP contribution is 2.35. The van der Waals surface area contributed by atoms with Crippen LogP contribution in [0, 0.1) is 11.3 Å². The summed E-state index contributed by atoms with van der Waals surface area (Å²) in [6.07, 6.45) is 2.63. The van der Waals surface area contributed by atoms with Gasteiger partial charge in [0, 0.05) is 22.9 Å². The number of hydrogen-bond acceptors (Lipinski definition) is 6. The molecular weight excluding hydrogens is 330 g/mol. The van der Waals surface area contributed by atoms with Gasteiger partial charge in [0.05, 0.1) is 4.21 Å². The van der Waals surface area contributed by atoms with Crippen LogP contribution in [-0.4, -0.2) is 24.4 Å². The largest absolute Gasteiger partial charge is 0.333 e. The van der Waals surface area contributed by atoms with E-state index in [9.17, 15) is 0 Å². The molecule has 1 aliphatic heterocycles. The van der Waals surface area contributed by atoms with Crippen LogP contribution in [0.25, 0.3) is 0 Å². The quantitative estimate of drug-likeness (QED) is 0.827. The van der Waals surface area contributed by atoms with Crippen molar-refractivity contribution in [3.63, 3.8) is 0 Å². The van der Waals surface area contributed by atoms with Crippen molar-refractivity contribution in [2.45, 2.75) is 26.8 Å². The molecule has 0 bridgehead atoms. The van der Waals surface area contributed by atoms with Crippen LogP contribution < -0.4 is 5.73 Å². The summed E-state index contributed by atoms with van der Waals surface area (Å²) in [4.78, 5) is 3.31. The predicted octanol–water partition coefficient (Wildman–Crippen LogP) is 4.45. The van der Waals surface area contributed by atoms with Crippen molar-refractivity contribution >= 4 is 35.0 Å². The van der Waals surface area contributed by atoms with Crippen molar-refractivity contribution in [3.05, 3.63) is 41.3 Å². The summed E-state index contributed by atoms with van der Waals surface area (Å²) in [6, 6.07) is 14.7. The first kappa shape index (κ1) is 17.4. The van der Waals surface area contributed by atoms with Crippen molar-refractivity contribution in [2.75, 3.05) is 20.1 Å². The van der Waals surface area contributed by atoms with E-state index in [1.54, 1.807) is 23.1 Å². The molecule has 3 rings (SSSR count). The third-order valence-corrected chi connectivity index (χ3v) is 6.21. The Morgan fingerprint density at radius 3 is 2.55 bits per heavy atom. The molecule has 1 aromatic heterocycles. The highest BCUT2D eigenvalue weighted by molar-refractivity contribution is 8.01. The number of rotatable bonds is 4. The monoisotopic (exact) mass is 349 g/mol. The zero-order chi connectivity index (χ0) is 15.8. The lowest BCUT2D eigenvalue weighted by atomic mass is 10.4. The molecule has 2 N–H and O–H groups in total. The maximum Gasteiger partial charge on any atom is 0.110 e. The number of nitriles is 1. The SMILES string of the molecule is CN.N#Cc1ccc(Sc2cccc(SN3CCCC3)c2)s1. The van der Waals surface area contributed by atoms with Gasteiger partial charge in [-0.25, -0.2) is 4.31 Å². The second-order valence-electron chi connectivity index (χ2n) is 4.53. The number of thiophene rings is 1. The van der Waals surface area contributed by atoms with E-state index in [1.165, 1.54) is 47.0 Å². The fourth-order valence-electron chi connectivity index (χ4n) is 2.07. The van der Waals surface area contributed by atoms with Crippen molar-refractivity contribution < 1.29 is 0 Å². The molecule has 0 atom stereocenters. The molecule has 2 heterocycles. The van der Waals surface area contributed by atoms with Crippen LogP contribution in [0.4, 0.5) is 0 Å². The average Bonchev–Trinajstić information content (AvgIpc) is 3.21. The summed E-state index contributed by atoms with van der Waals surface area (Å²) in [5.41, 5.74) is 4.50. The molecule has 0 unspecified atom stereocenters. The number of nitrogens with two attached hydrogens (primary N) is 1. The Hall–Kier alpha value is -0.970. The molecule has 0 aliphatic carbocycles. The van der Waals surface area contributed by atoms with Crippen LogP contribution in [0.1, 0.15) is 17.7 Å². The van der Waals surface area contributed by atoms with Crippen LogP contribution in [0.5, 0.6) is 0 Å². The van der Waals surface area contributed by atoms with Gasteiger partial charge in [0.25, 0.3) is 0 Å². The highest BCUT2D eigenvalue weighted by Gasteiger charge is 2.13. The van der Waals surface area contributed by atoms with E-state index >= 15 is 0 Å². The first-order chi connectivity index (χ1) is 10.8. The van der Waals surface area contributed by atoms with Crippen LogP contribution in [0.2, 0.25) is 0 Å². The molecule has 1 aromatic carbocycles. The Bertz CT molecular complexity index is 628. The Morgan fingerprint density at radius 2 is 1.86 bits per heavy atom. The first-order valence-corrected chi connectivity index (χ1v) is 9.53. The van der Waals surface area contributed by atoms with Crippen LogP contribution in [-0.2, 0) is 0 Å². The summed E-state index contributed by atoms with van der Waals surface area (Å²) in [6.45, 7) is 2.39. The standard InChI is InChI=1S/C15H14N2S3.CH5N/c16-11-14-6-7-15(19-14)18-12-4-3-5-13(10-12)20-17-8-1-2-9-17;1-2/h3-7,10H,1-2,8-9H2;2H2,1H3. The smallest absolute Gasteiger partial charge is 0.110 e. The van der Waals surface area contributed by atoms with Crippen molar-refractivity contribution in [3.8, 4) is 6.07 Å².